The second-order valence-corrected chi connectivity index (χ2v) is 8.54. The van der Waals surface area contributed by atoms with Crippen molar-refractivity contribution >= 4 is 41.5 Å². The molecule has 0 aromatic heterocycles. The van der Waals surface area contributed by atoms with Gasteiger partial charge in [-0.05, 0) is 53.2 Å². The van der Waals surface area contributed by atoms with E-state index in [2.05, 4.69) is 37.1 Å². The van der Waals surface area contributed by atoms with Crippen LogP contribution < -0.4 is 4.72 Å². The second kappa shape index (κ2) is 7.74. The predicted molar refractivity (Wildman–Crippen MR) is 89.6 cm³/mol. The standard InChI is InChI=1S/C13H15FINOS2/c1-13(2,3)19(17)16-9-11-8-10(6-7-18-15)4-5-12(11)14/h4-5,8,16H,9H2,1-3H3. The van der Waals surface area contributed by atoms with Crippen molar-refractivity contribution in [2.24, 2.45) is 0 Å². The summed E-state index contributed by atoms with van der Waals surface area (Å²) in [7, 11) is 1.38. The average Bonchev–Trinajstić information content (AvgIpc) is 2.34. The van der Waals surface area contributed by atoms with Crippen LogP contribution in [0.5, 0.6) is 0 Å². The number of nitrogens with one attached hydrogen (secondary N) is 1. The van der Waals surface area contributed by atoms with E-state index < -0.39 is 11.4 Å². The molecule has 0 bridgehead atoms. The first-order valence-corrected chi connectivity index (χ1v) is 10.1. The summed E-state index contributed by atoms with van der Waals surface area (Å²) < 4.78 is 28.0. The van der Waals surface area contributed by atoms with Gasteiger partial charge in [-0.25, -0.2) is 4.39 Å². The summed E-state index contributed by atoms with van der Waals surface area (Å²) in [5.41, 5.74) is 1.23. The van der Waals surface area contributed by atoms with E-state index in [-0.39, 0.29) is 17.1 Å². The second-order valence-electron chi connectivity index (χ2n) is 4.81. The molecule has 2 nitrogen and oxygen atoms in total. The monoisotopic (exact) mass is 411 g/mol. The maximum absolute atomic E-state index is 13.6. The van der Waals surface area contributed by atoms with Crippen LogP contribution in [0.3, 0.4) is 0 Å². The van der Waals surface area contributed by atoms with E-state index in [4.69, 9.17) is 0 Å². The molecule has 104 valence electrons. The Morgan fingerprint density at radius 2 is 2.16 bits per heavy atom. The van der Waals surface area contributed by atoms with Crippen LogP contribution in [-0.2, 0) is 17.9 Å². The summed E-state index contributed by atoms with van der Waals surface area (Å²) in [4.78, 5) is 0. The third kappa shape index (κ3) is 5.92. The fourth-order valence-corrected chi connectivity index (χ4v) is 2.43. The Morgan fingerprint density at radius 1 is 1.47 bits per heavy atom. The lowest BCUT2D eigenvalue weighted by atomic mass is 10.1. The zero-order valence-corrected chi connectivity index (χ0v) is 14.7. The fraction of sp³-hybridized carbons (Fsp3) is 0.385. The molecule has 19 heavy (non-hydrogen) atoms. The molecular weight excluding hydrogens is 396 g/mol. The molecule has 0 aliphatic heterocycles. The van der Waals surface area contributed by atoms with Crippen molar-refractivity contribution in [3.05, 3.63) is 35.1 Å². The Bertz CT molecular complexity index is 494. The topological polar surface area (TPSA) is 35.1 Å². The summed E-state index contributed by atoms with van der Waals surface area (Å²) in [6.07, 6.45) is 0. The summed E-state index contributed by atoms with van der Waals surface area (Å²) >= 11 is 0.864. The van der Waals surface area contributed by atoms with E-state index in [0.29, 0.717) is 5.56 Å². The molecule has 0 amide bonds. The van der Waals surface area contributed by atoms with Crippen molar-refractivity contribution in [1.29, 1.82) is 0 Å². The molecule has 0 saturated heterocycles. The molecule has 0 aliphatic rings. The highest BCUT2D eigenvalue weighted by atomic mass is 127. The third-order valence-corrected chi connectivity index (χ3v) is 4.59. The van der Waals surface area contributed by atoms with Gasteiger partial charge in [0, 0.05) is 43.7 Å². The lowest BCUT2D eigenvalue weighted by molar-refractivity contribution is 0.540. The first-order valence-electron chi connectivity index (χ1n) is 5.57. The molecule has 0 aliphatic carbocycles. The number of rotatable bonds is 3. The van der Waals surface area contributed by atoms with Gasteiger partial charge in [0.2, 0.25) is 0 Å². The van der Waals surface area contributed by atoms with Crippen LogP contribution in [0.4, 0.5) is 4.39 Å². The first-order chi connectivity index (χ1) is 8.84. The van der Waals surface area contributed by atoms with Crippen molar-refractivity contribution < 1.29 is 8.94 Å². The Labute approximate surface area is 133 Å². The zero-order valence-electron chi connectivity index (χ0n) is 10.9. The molecule has 1 atom stereocenters. The number of hydrogen-bond donors (Lipinski definition) is 1. The lowest BCUT2D eigenvalue weighted by Crippen LogP contribution is -2.39. The molecule has 0 radical (unpaired) electrons. The van der Waals surface area contributed by atoms with Crippen molar-refractivity contribution in [2.45, 2.75) is 32.1 Å². The maximum Gasteiger partial charge on any atom is 0.136 e. The number of hydrogen-bond acceptors (Lipinski definition) is 3. The highest BCUT2D eigenvalue weighted by Crippen LogP contribution is 2.16. The number of halogens is 2. The van der Waals surface area contributed by atoms with Crippen LogP contribution in [0.1, 0.15) is 31.9 Å². The van der Waals surface area contributed by atoms with Crippen molar-refractivity contribution in [1.82, 2.24) is 4.72 Å². The SMILES string of the molecule is CC(C)(C)[S+]([O-])NCc1cc(C#CSI)ccc1F. The molecule has 0 spiro atoms. The Hall–Kier alpha value is 0.0600. The van der Waals surface area contributed by atoms with Crippen LogP contribution in [0.2, 0.25) is 0 Å². The molecule has 1 unspecified atom stereocenters. The van der Waals surface area contributed by atoms with E-state index in [9.17, 15) is 8.94 Å². The smallest absolute Gasteiger partial charge is 0.136 e. The number of benzene rings is 1. The summed E-state index contributed by atoms with van der Waals surface area (Å²) in [6.45, 7) is 5.83. The van der Waals surface area contributed by atoms with Crippen LogP contribution >= 0.6 is 30.1 Å². The minimum absolute atomic E-state index is 0.225. The third-order valence-electron chi connectivity index (χ3n) is 2.23. The van der Waals surface area contributed by atoms with E-state index in [1.807, 2.05) is 20.8 Å². The van der Waals surface area contributed by atoms with Gasteiger partial charge in [0.25, 0.3) is 0 Å². The van der Waals surface area contributed by atoms with Gasteiger partial charge in [0.15, 0.2) is 0 Å². The highest BCUT2D eigenvalue weighted by Gasteiger charge is 2.26. The van der Waals surface area contributed by atoms with Crippen molar-refractivity contribution in [3.63, 3.8) is 0 Å². The first kappa shape index (κ1) is 17.1. The van der Waals surface area contributed by atoms with Gasteiger partial charge < -0.3 is 4.55 Å². The van der Waals surface area contributed by atoms with Crippen LogP contribution in [0, 0.1) is 17.0 Å². The van der Waals surface area contributed by atoms with Gasteiger partial charge in [0.05, 0.1) is 6.54 Å². The van der Waals surface area contributed by atoms with Crippen LogP contribution in [-0.4, -0.2) is 9.30 Å². The Morgan fingerprint density at radius 3 is 2.74 bits per heavy atom. The molecule has 0 heterocycles. The molecule has 1 rings (SSSR count). The molecule has 0 fully saturated rings. The van der Waals surface area contributed by atoms with E-state index in [1.54, 1.807) is 12.1 Å². The van der Waals surface area contributed by atoms with Crippen molar-refractivity contribution in [2.75, 3.05) is 0 Å². The molecule has 6 heteroatoms. The fourth-order valence-electron chi connectivity index (χ4n) is 1.23. The Kier molecular flexibility index (Phi) is 6.97. The summed E-state index contributed by atoms with van der Waals surface area (Å²) in [5.74, 6) is 2.60. The summed E-state index contributed by atoms with van der Waals surface area (Å²) in [6, 6.07) is 4.71. The quantitative estimate of drug-likeness (QED) is 0.467. The minimum atomic E-state index is -1.22. The minimum Gasteiger partial charge on any atom is -0.598 e. The Balaban J connectivity index is 2.78. The zero-order chi connectivity index (χ0) is 14.5. The molecule has 1 aromatic carbocycles. The molecule has 0 saturated carbocycles. The average molecular weight is 411 g/mol. The van der Waals surface area contributed by atoms with Gasteiger partial charge in [-0.15, -0.1) is 4.72 Å². The molecule has 1 N–H and O–H groups in total. The van der Waals surface area contributed by atoms with Gasteiger partial charge in [0.1, 0.15) is 10.6 Å². The van der Waals surface area contributed by atoms with Crippen LogP contribution in [0.25, 0.3) is 0 Å². The van der Waals surface area contributed by atoms with E-state index >= 15 is 0 Å². The van der Waals surface area contributed by atoms with E-state index in [1.165, 1.54) is 15.0 Å². The maximum atomic E-state index is 13.6. The lowest BCUT2D eigenvalue weighted by Gasteiger charge is -2.23. The van der Waals surface area contributed by atoms with Gasteiger partial charge in [-0.3, -0.25) is 0 Å². The summed E-state index contributed by atoms with van der Waals surface area (Å²) in [5, 5.41) is 2.85. The van der Waals surface area contributed by atoms with E-state index in [0.717, 1.165) is 5.56 Å². The molecule has 1 aromatic rings. The normalized spacial score (nSPS) is 12.7. The van der Waals surface area contributed by atoms with Gasteiger partial charge in [-0.1, -0.05) is 5.92 Å². The van der Waals surface area contributed by atoms with Gasteiger partial charge >= 0.3 is 0 Å². The predicted octanol–water partition coefficient (Wildman–Crippen LogP) is 3.77. The molecular formula is C13H15FINOS2. The largest absolute Gasteiger partial charge is 0.598 e. The van der Waals surface area contributed by atoms with Gasteiger partial charge in [-0.2, -0.15) is 0 Å². The van der Waals surface area contributed by atoms with Crippen molar-refractivity contribution in [3.8, 4) is 11.2 Å². The highest BCUT2D eigenvalue weighted by molar-refractivity contribution is 14.2. The van der Waals surface area contributed by atoms with Crippen LogP contribution in [0.15, 0.2) is 18.2 Å².